The number of hydrogen-bond donors (Lipinski definition) is 0. The predicted molar refractivity (Wildman–Crippen MR) is 46.8 cm³/mol. The molecule has 0 atom stereocenters. The third-order valence-corrected chi connectivity index (χ3v) is 1.54. The van der Waals surface area contributed by atoms with Crippen LogP contribution in [0.15, 0.2) is 22.0 Å². The quantitative estimate of drug-likeness (QED) is 0.601. The van der Waals surface area contributed by atoms with Crippen molar-refractivity contribution in [2.45, 2.75) is 27.2 Å². The van der Waals surface area contributed by atoms with Crippen LogP contribution in [0.2, 0.25) is 0 Å². The Morgan fingerprint density at radius 2 is 2.00 bits per heavy atom. The number of rotatable bonds is 2. The van der Waals surface area contributed by atoms with Crippen LogP contribution in [0.3, 0.4) is 0 Å². The fourth-order valence-corrected chi connectivity index (χ4v) is 1.01. The summed E-state index contributed by atoms with van der Waals surface area (Å²) in [5.41, 5.74) is 2.21. The molecule has 0 rings (SSSR count). The number of hydrogen-bond acceptors (Lipinski definition) is 0. The maximum atomic E-state index is 12.2. The zero-order valence-corrected chi connectivity index (χ0v) is 8.13. The normalized spacial score (nSPS) is 11.5. The van der Waals surface area contributed by atoms with Gasteiger partial charge in [-0.1, -0.05) is 12.5 Å². The summed E-state index contributed by atoms with van der Waals surface area (Å²) in [6.45, 7) is 5.96. The van der Waals surface area contributed by atoms with Gasteiger partial charge in [0.15, 0.2) is 4.74 Å². The molecule has 0 unspecified atom stereocenters. The highest BCUT2D eigenvalue weighted by molar-refractivity contribution is 9.11. The maximum Gasteiger partial charge on any atom is 0.165 e. The van der Waals surface area contributed by atoms with Gasteiger partial charge < -0.3 is 0 Å². The Kier molecular flexibility index (Phi) is 4.62. The predicted octanol–water partition coefficient (Wildman–Crippen LogP) is 3.94. The largest absolute Gasteiger partial charge is 0.199 e. The molecule has 0 aromatic rings. The van der Waals surface area contributed by atoms with Crippen LogP contribution in [0.4, 0.5) is 4.39 Å². The van der Waals surface area contributed by atoms with Crippen molar-refractivity contribution in [2.75, 3.05) is 0 Å². The second kappa shape index (κ2) is 4.67. The second-order valence-corrected chi connectivity index (χ2v) is 3.07. The molecule has 10 heavy (non-hydrogen) atoms. The van der Waals surface area contributed by atoms with Gasteiger partial charge in [0, 0.05) is 0 Å². The van der Waals surface area contributed by atoms with E-state index in [1.54, 1.807) is 0 Å². The highest BCUT2D eigenvalue weighted by Gasteiger charge is 1.93. The van der Waals surface area contributed by atoms with E-state index in [0.29, 0.717) is 0 Å². The first-order valence-corrected chi connectivity index (χ1v) is 4.06. The van der Waals surface area contributed by atoms with Crippen LogP contribution >= 0.6 is 15.9 Å². The molecule has 0 aliphatic heterocycles. The molecular formula is C8H12BrF. The zero-order chi connectivity index (χ0) is 8.15. The minimum atomic E-state index is -0.300. The molecule has 0 amide bonds. The Hall–Kier alpha value is -0.110. The minimum absolute atomic E-state index is 0.300. The van der Waals surface area contributed by atoms with Crippen molar-refractivity contribution in [3.05, 3.63) is 22.0 Å². The molecule has 0 aliphatic carbocycles. The third-order valence-electron chi connectivity index (χ3n) is 1.31. The molecule has 0 spiro atoms. The molecule has 0 N–H and O–H groups in total. The lowest BCUT2D eigenvalue weighted by atomic mass is 10.1. The molecular weight excluding hydrogens is 195 g/mol. The highest BCUT2D eigenvalue weighted by Crippen LogP contribution is 2.15. The van der Waals surface area contributed by atoms with E-state index in [9.17, 15) is 4.39 Å². The molecule has 0 aliphatic rings. The summed E-state index contributed by atoms with van der Waals surface area (Å²) in [5, 5.41) is 0. The standard InChI is InChI=1S/C8H12BrF/c1-4-7(6(2)3)5-8(9)10/h5H,4H2,1-3H3/b8-5+. The molecule has 0 fully saturated rings. The molecule has 2 heteroatoms. The van der Waals surface area contributed by atoms with Gasteiger partial charge in [-0.3, -0.25) is 0 Å². The molecule has 0 aromatic carbocycles. The van der Waals surface area contributed by atoms with Crippen molar-refractivity contribution in [1.82, 2.24) is 0 Å². The molecule has 0 aromatic heterocycles. The SMILES string of the molecule is CCC(/C=C(/F)Br)=C(C)C. The Bertz CT molecular complexity index is 160. The summed E-state index contributed by atoms with van der Waals surface area (Å²) in [6, 6.07) is 0. The van der Waals surface area contributed by atoms with Gasteiger partial charge in [-0.05, 0) is 47.8 Å². The maximum absolute atomic E-state index is 12.2. The monoisotopic (exact) mass is 206 g/mol. The van der Waals surface area contributed by atoms with Gasteiger partial charge in [-0.2, -0.15) is 4.39 Å². The molecule has 58 valence electrons. The first-order valence-electron chi connectivity index (χ1n) is 3.27. The molecule has 0 heterocycles. The Morgan fingerprint density at radius 3 is 2.10 bits per heavy atom. The summed E-state index contributed by atoms with van der Waals surface area (Å²) in [5.74, 6) is 0. The van der Waals surface area contributed by atoms with Crippen molar-refractivity contribution >= 4 is 15.9 Å². The van der Waals surface area contributed by atoms with Crippen molar-refractivity contribution in [3.63, 3.8) is 0 Å². The fourth-order valence-electron chi connectivity index (χ4n) is 0.732. The van der Waals surface area contributed by atoms with Gasteiger partial charge in [0.05, 0.1) is 0 Å². The number of allylic oxidation sites excluding steroid dienone is 3. The van der Waals surface area contributed by atoms with Crippen LogP contribution in [-0.2, 0) is 0 Å². The first-order chi connectivity index (χ1) is 4.57. The molecule has 0 saturated heterocycles. The lowest BCUT2D eigenvalue weighted by Gasteiger charge is -1.98. The second-order valence-electron chi connectivity index (χ2n) is 2.31. The summed E-state index contributed by atoms with van der Waals surface area (Å²) in [4.78, 5) is 0. The minimum Gasteiger partial charge on any atom is -0.199 e. The summed E-state index contributed by atoms with van der Waals surface area (Å²) < 4.78 is 11.9. The topological polar surface area (TPSA) is 0 Å². The van der Waals surface area contributed by atoms with Gasteiger partial charge in [0.2, 0.25) is 0 Å². The van der Waals surface area contributed by atoms with E-state index in [2.05, 4.69) is 15.9 Å². The van der Waals surface area contributed by atoms with Crippen LogP contribution < -0.4 is 0 Å². The van der Waals surface area contributed by atoms with Gasteiger partial charge in [-0.15, -0.1) is 0 Å². The van der Waals surface area contributed by atoms with E-state index in [0.717, 1.165) is 17.6 Å². The average Bonchev–Trinajstić information content (AvgIpc) is 1.81. The van der Waals surface area contributed by atoms with E-state index in [4.69, 9.17) is 0 Å². The van der Waals surface area contributed by atoms with Gasteiger partial charge in [-0.25, -0.2) is 0 Å². The average molecular weight is 207 g/mol. The molecule has 0 bridgehead atoms. The van der Waals surface area contributed by atoms with E-state index < -0.39 is 0 Å². The summed E-state index contributed by atoms with van der Waals surface area (Å²) in [7, 11) is 0. The van der Waals surface area contributed by atoms with Gasteiger partial charge >= 0.3 is 0 Å². The number of halogens is 2. The molecule has 0 radical (unpaired) electrons. The lowest BCUT2D eigenvalue weighted by molar-refractivity contribution is 0.703. The van der Waals surface area contributed by atoms with Crippen LogP contribution in [0, 0.1) is 0 Å². The summed E-state index contributed by atoms with van der Waals surface area (Å²) >= 11 is 2.74. The molecule has 0 nitrogen and oxygen atoms in total. The van der Waals surface area contributed by atoms with Gasteiger partial charge in [0.1, 0.15) is 0 Å². The van der Waals surface area contributed by atoms with Crippen molar-refractivity contribution in [3.8, 4) is 0 Å². The Morgan fingerprint density at radius 1 is 1.50 bits per heavy atom. The van der Waals surface area contributed by atoms with Gasteiger partial charge in [0.25, 0.3) is 0 Å². The van der Waals surface area contributed by atoms with Crippen LogP contribution in [0.25, 0.3) is 0 Å². The Balaban J connectivity index is 4.40. The van der Waals surface area contributed by atoms with Crippen LogP contribution in [0.5, 0.6) is 0 Å². The van der Waals surface area contributed by atoms with E-state index in [1.807, 2.05) is 20.8 Å². The smallest absolute Gasteiger partial charge is 0.165 e. The summed E-state index contributed by atoms with van der Waals surface area (Å²) in [6.07, 6.45) is 2.39. The van der Waals surface area contributed by atoms with Crippen molar-refractivity contribution in [2.24, 2.45) is 0 Å². The van der Waals surface area contributed by atoms with E-state index in [1.165, 1.54) is 6.08 Å². The first kappa shape index (κ1) is 9.89. The van der Waals surface area contributed by atoms with E-state index >= 15 is 0 Å². The fraction of sp³-hybridized carbons (Fsp3) is 0.500. The van der Waals surface area contributed by atoms with Crippen molar-refractivity contribution in [1.29, 1.82) is 0 Å². The van der Waals surface area contributed by atoms with Crippen LogP contribution in [-0.4, -0.2) is 0 Å². The zero-order valence-electron chi connectivity index (χ0n) is 6.54. The van der Waals surface area contributed by atoms with E-state index in [-0.39, 0.29) is 4.74 Å². The Labute approximate surface area is 69.9 Å². The highest BCUT2D eigenvalue weighted by atomic mass is 79.9. The molecule has 0 saturated carbocycles. The lowest BCUT2D eigenvalue weighted by Crippen LogP contribution is -1.78. The third kappa shape index (κ3) is 3.83. The van der Waals surface area contributed by atoms with Crippen LogP contribution in [0.1, 0.15) is 27.2 Å². The van der Waals surface area contributed by atoms with Crippen molar-refractivity contribution < 1.29 is 4.39 Å².